The van der Waals surface area contributed by atoms with Gasteiger partial charge in [0.1, 0.15) is 5.69 Å². The van der Waals surface area contributed by atoms with Crippen LogP contribution in [0.1, 0.15) is 41.9 Å². The van der Waals surface area contributed by atoms with Gasteiger partial charge >= 0.3 is 6.18 Å². The number of rotatable bonds is 3. The first-order chi connectivity index (χ1) is 12.4. The Bertz CT molecular complexity index is 941. The third-order valence-corrected chi connectivity index (χ3v) is 4.41. The zero-order valence-electron chi connectivity index (χ0n) is 13.6. The molecular weight excluding hydrogens is 349 g/mol. The smallest absolute Gasteiger partial charge is 0.433 e. The van der Waals surface area contributed by atoms with Crippen molar-refractivity contribution in [1.29, 1.82) is 0 Å². The molecule has 3 aromatic heterocycles. The minimum atomic E-state index is -4.66. The maximum atomic E-state index is 13.5. The van der Waals surface area contributed by atoms with Gasteiger partial charge in [0.05, 0.1) is 6.26 Å². The summed E-state index contributed by atoms with van der Waals surface area (Å²) in [6.07, 6.45) is 0.492. The third kappa shape index (κ3) is 3.04. The van der Waals surface area contributed by atoms with Crippen LogP contribution in [0.15, 0.2) is 34.9 Å². The van der Waals surface area contributed by atoms with Gasteiger partial charge in [-0.3, -0.25) is 4.79 Å². The molecule has 136 valence electrons. The lowest BCUT2D eigenvalue weighted by molar-refractivity contribution is -0.142. The molecule has 1 aliphatic carbocycles. The van der Waals surface area contributed by atoms with E-state index in [1.165, 1.54) is 18.4 Å². The van der Waals surface area contributed by atoms with Crippen molar-refractivity contribution in [1.82, 2.24) is 19.9 Å². The average Bonchev–Trinajstić information content (AvgIpc) is 3.33. The minimum Gasteiger partial charge on any atom is -0.463 e. The lowest BCUT2D eigenvalue weighted by atomic mass is 10.2. The zero-order valence-corrected chi connectivity index (χ0v) is 13.6. The predicted molar refractivity (Wildman–Crippen MR) is 85.4 cm³/mol. The highest BCUT2D eigenvalue weighted by atomic mass is 19.4. The molecule has 1 amide bonds. The topological polar surface area (TPSA) is 72.4 Å². The molecule has 26 heavy (non-hydrogen) atoms. The molecule has 0 aromatic carbocycles. The molecule has 4 rings (SSSR count). The highest BCUT2D eigenvalue weighted by Crippen LogP contribution is 2.32. The molecule has 0 bridgehead atoms. The van der Waals surface area contributed by atoms with E-state index < -0.39 is 17.8 Å². The standard InChI is InChI=1S/C17H15F3N4O2/c18-17(19,20)14-8-11(13-6-3-7-26-13)22-15-9-12(23-24(14)15)16(25)21-10-4-1-2-5-10/h3,6-10H,1-2,4-5H2,(H,21,25). The first-order valence-corrected chi connectivity index (χ1v) is 8.24. The molecule has 1 fully saturated rings. The van der Waals surface area contributed by atoms with Crippen molar-refractivity contribution in [2.24, 2.45) is 0 Å². The Morgan fingerprint density at radius 1 is 1.27 bits per heavy atom. The summed E-state index contributed by atoms with van der Waals surface area (Å²) in [5.74, 6) is -0.286. The number of furan rings is 1. The Kier molecular flexibility index (Phi) is 3.93. The van der Waals surface area contributed by atoms with Gasteiger partial charge in [-0.15, -0.1) is 0 Å². The van der Waals surface area contributed by atoms with E-state index in [4.69, 9.17) is 4.42 Å². The van der Waals surface area contributed by atoms with Crippen molar-refractivity contribution in [3.8, 4) is 11.5 Å². The van der Waals surface area contributed by atoms with Crippen molar-refractivity contribution in [3.05, 3.63) is 41.9 Å². The molecule has 3 heterocycles. The number of alkyl halides is 3. The van der Waals surface area contributed by atoms with Gasteiger partial charge in [0.2, 0.25) is 0 Å². The minimum absolute atomic E-state index is 0.0254. The summed E-state index contributed by atoms with van der Waals surface area (Å²) in [6, 6.07) is 5.23. The van der Waals surface area contributed by atoms with Crippen molar-refractivity contribution < 1.29 is 22.4 Å². The molecule has 9 heteroatoms. The molecule has 0 spiro atoms. The number of nitrogens with zero attached hydrogens (tertiary/aromatic N) is 3. The van der Waals surface area contributed by atoms with Crippen LogP contribution in [0.4, 0.5) is 13.2 Å². The Morgan fingerprint density at radius 3 is 2.69 bits per heavy atom. The highest BCUT2D eigenvalue weighted by molar-refractivity contribution is 5.93. The monoisotopic (exact) mass is 364 g/mol. The molecule has 0 radical (unpaired) electrons. The van der Waals surface area contributed by atoms with Gasteiger partial charge in [-0.2, -0.15) is 18.3 Å². The molecule has 1 aliphatic rings. The van der Waals surface area contributed by atoms with Crippen LogP contribution in [0.3, 0.4) is 0 Å². The van der Waals surface area contributed by atoms with E-state index in [1.807, 2.05) is 0 Å². The largest absolute Gasteiger partial charge is 0.463 e. The first-order valence-electron chi connectivity index (χ1n) is 8.24. The molecule has 1 N–H and O–H groups in total. The Morgan fingerprint density at radius 2 is 2.04 bits per heavy atom. The van der Waals surface area contributed by atoms with Gasteiger partial charge < -0.3 is 9.73 Å². The lowest BCUT2D eigenvalue weighted by Gasteiger charge is -2.10. The molecule has 3 aromatic rings. The summed E-state index contributed by atoms with van der Waals surface area (Å²) < 4.78 is 46.2. The number of aromatic nitrogens is 3. The van der Waals surface area contributed by atoms with Crippen molar-refractivity contribution in [3.63, 3.8) is 0 Å². The quantitative estimate of drug-likeness (QED) is 0.770. The molecule has 6 nitrogen and oxygen atoms in total. The maximum absolute atomic E-state index is 13.5. The van der Waals surface area contributed by atoms with Crippen molar-refractivity contribution in [2.75, 3.05) is 0 Å². The van der Waals surface area contributed by atoms with Gasteiger partial charge in [-0.05, 0) is 31.0 Å². The predicted octanol–water partition coefficient (Wildman–Crippen LogP) is 3.68. The Labute approximate surface area is 146 Å². The van der Waals surface area contributed by atoms with Crippen LogP contribution >= 0.6 is 0 Å². The fourth-order valence-electron chi connectivity index (χ4n) is 3.17. The van der Waals surface area contributed by atoms with E-state index in [1.54, 1.807) is 6.07 Å². The van der Waals surface area contributed by atoms with E-state index in [2.05, 4.69) is 15.4 Å². The molecule has 0 atom stereocenters. The van der Waals surface area contributed by atoms with Crippen molar-refractivity contribution in [2.45, 2.75) is 37.9 Å². The summed E-state index contributed by atoms with van der Waals surface area (Å²) in [7, 11) is 0. The van der Waals surface area contributed by atoms with Crippen LogP contribution in [0.2, 0.25) is 0 Å². The van der Waals surface area contributed by atoms with Gasteiger partial charge in [-0.25, -0.2) is 9.50 Å². The van der Waals surface area contributed by atoms with E-state index in [0.29, 0.717) is 4.52 Å². The van der Waals surface area contributed by atoms with Gasteiger partial charge in [-0.1, -0.05) is 12.8 Å². The maximum Gasteiger partial charge on any atom is 0.433 e. The zero-order chi connectivity index (χ0) is 18.3. The number of hydrogen-bond donors (Lipinski definition) is 1. The summed E-state index contributed by atoms with van der Waals surface area (Å²) >= 11 is 0. The molecular formula is C17H15F3N4O2. The van der Waals surface area contributed by atoms with Crippen LogP contribution in [0.5, 0.6) is 0 Å². The fourth-order valence-corrected chi connectivity index (χ4v) is 3.17. The Balaban J connectivity index is 1.77. The lowest BCUT2D eigenvalue weighted by Crippen LogP contribution is -2.32. The summed E-state index contributed by atoms with van der Waals surface area (Å²) in [5.41, 5.74) is -1.15. The number of halogens is 3. The number of hydrogen-bond acceptors (Lipinski definition) is 4. The Hall–Kier alpha value is -2.84. The van der Waals surface area contributed by atoms with Gasteiger partial charge in [0.25, 0.3) is 5.91 Å². The highest BCUT2D eigenvalue weighted by Gasteiger charge is 2.36. The van der Waals surface area contributed by atoms with Crippen LogP contribution in [-0.4, -0.2) is 26.5 Å². The average molecular weight is 364 g/mol. The van der Waals surface area contributed by atoms with Crippen LogP contribution in [-0.2, 0) is 6.18 Å². The first kappa shape index (κ1) is 16.6. The third-order valence-electron chi connectivity index (χ3n) is 4.41. The van der Waals surface area contributed by atoms with Gasteiger partial charge in [0.15, 0.2) is 22.8 Å². The summed E-state index contributed by atoms with van der Waals surface area (Å²) in [5, 5.41) is 6.65. The van der Waals surface area contributed by atoms with Crippen LogP contribution in [0.25, 0.3) is 17.1 Å². The molecule has 1 saturated carbocycles. The summed E-state index contributed by atoms with van der Waals surface area (Å²) in [6.45, 7) is 0. The molecule has 0 saturated heterocycles. The van der Waals surface area contributed by atoms with E-state index in [-0.39, 0.29) is 28.8 Å². The number of carbonyl (C=O) groups excluding carboxylic acids is 1. The number of nitrogens with one attached hydrogen (secondary N) is 1. The van der Waals surface area contributed by atoms with E-state index >= 15 is 0 Å². The summed E-state index contributed by atoms with van der Waals surface area (Å²) in [4.78, 5) is 16.5. The normalized spacial score (nSPS) is 15.7. The number of fused-ring (bicyclic) bond motifs is 1. The second-order valence-electron chi connectivity index (χ2n) is 6.26. The van der Waals surface area contributed by atoms with Crippen LogP contribution in [0, 0.1) is 0 Å². The number of amides is 1. The SMILES string of the molecule is O=C(NC1CCCC1)c1cc2nc(-c3ccco3)cc(C(F)(F)F)n2n1. The van der Waals surface area contributed by atoms with E-state index in [9.17, 15) is 18.0 Å². The number of carbonyl (C=O) groups is 1. The second-order valence-corrected chi connectivity index (χ2v) is 6.26. The van der Waals surface area contributed by atoms with Crippen LogP contribution < -0.4 is 5.32 Å². The molecule has 0 unspecified atom stereocenters. The van der Waals surface area contributed by atoms with Crippen molar-refractivity contribution >= 4 is 11.6 Å². The molecule has 0 aliphatic heterocycles. The van der Waals surface area contributed by atoms with E-state index in [0.717, 1.165) is 31.7 Å². The van der Waals surface area contributed by atoms with Gasteiger partial charge in [0, 0.05) is 12.1 Å². The second kappa shape index (κ2) is 6.15. The fraction of sp³-hybridized carbons (Fsp3) is 0.353.